The predicted molar refractivity (Wildman–Crippen MR) is 192 cm³/mol. The molecule has 1 aliphatic rings. The van der Waals surface area contributed by atoms with Crippen molar-refractivity contribution in [3.8, 4) is 17.1 Å². The molecule has 0 unspecified atom stereocenters. The third kappa shape index (κ3) is 7.94. The Balaban J connectivity index is 1.92. The smallest absolute Gasteiger partial charge is 0.435 e. The maximum Gasteiger partial charge on any atom is 0.435 e. The third-order valence-electron chi connectivity index (χ3n) is 7.10. The van der Waals surface area contributed by atoms with Gasteiger partial charge >= 0.3 is 18.3 Å². The van der Waals surface area contributed by atoms with Crippen LogP contribution in [0.2, 0.25) is 0 Å². The van der Waals surface area contributed by atoms with Crippen LogP contribution >= 0.6 is 0 Å². The van der Waals surface area contributed by atoms with Gasteiger partial charge in [0.05, 0.1) is 29.7 Å². The number of ether oxygens (including phenoxy) is 4. The van der Waals surface area contributed by atoms with Crippen LogP contribution in [-0.4, -0.2) is 62.9 Å². The van der Waals surface area contributed by atoms with Crippen molar-refractivity contribution in [1.29, 1.82) is 0 Å². The van der Waals surface area contributed by atoms with Crippen molar-refractivity contribution in [3.63, 3.8) is 0 Å². The van der Waals surface area contributed by atoms with Crippen LogP contribution in [0.5, 0.6) is 5.88 Å². The van der Waals surface area contributed by atoms with E-state index < -0.39 is 35.1 Å². The van der Waals surface area contributed by atoms with Gasteiger partial charge < -0.3 is 18.9 Å². The van der Waals surface area contributed by atoms with Crippen LogP contribution in [0.15, 0.2) is 72.2 Å². The van der Waals surface area contributed by atoms with Crippen molar-refractivity contribution in [1.82, 2.24) is 14.8 Å². The Bertz CT molecular complexity index is 2090. The molecule has 0 spiro atoms. The summed E-state index contributed by atoms with van der Waals surface area (Å²) in [5, 5.41) is 5.06. The molecule has 2 aromatic carbocycles. The van der Waals surface area contributed by atoms with Gasteiger partial charge in [-0.05, 0) is 92.2 Å². The Morgan fingerprint density at radius 3 is 1.88 bits per heavy atom. The normalized spacial score (nSPS) is 14.2. The van der Waals surface area contributed by atoms with Gasteiger partial charge in [-0.25, -0.2) is 34.0 Å². The highest BCUT2D eigenvalue weighted by molar-refractivity contribution is 6.14. The molecule has 0 bridgehead atoms. The molecule has 266 valence electrons. The molecule has 0 saturated heterocycles. The van der Waals surface area contributed by atoms with Crippen LogP contribution in [0, 0.1) is 0 Å². The van der Waals surface area contributed by atoms with E-state index in [1.54, 1.807) is 111 Å². The molecule has 13 heteroatoms. The van der Waals surface area contributed by atoms with Crippen LogP contribution in [0.3, 0.4) is 0 Å². The first-order chi connectivity index (χ1) is 23.8. The number of anilines is 2. The second-order valence-electron chi connectivity index (χ2n) is 14.7. The molecule has 13 nitrogen and oxygen atoms in total. The number of benzene rings is 2. The average molecular weight is 696 g/mol. The van der Waals surface area contributed by atoms with Gasteiger partial charge in [0.2, 0.25) is 5.88 Å². The van der Waals surface area contributed by atoms with Crippen LogP contribution in [0.4, 0.5) is 25.8 Å². The average Bonchev–Trinajstić information content (AvgIpc) is 3.40. The molecule has 3 heterocycles. The highest BCUT2D eigenvalue weighted by Crippen LogP contribution is 2.47. The highest BCUT2D eigenvalue weighted by atomic mass is 16.6. The number of carbonyl (C=O) groups is 3. The number of pyridine rings is 1. The molecule has 0 fully saturated rings. The summed E-state index contributed by atoms with van der Waals surface area (Å²) >= 11 is 0. The minimum atomic E-state index is -0.979. The van der Waals surface area contributed by atoms with Crippen LogP contribution in [0.1, 0.15) is 67.9 Å². The topological polar surface area (TPSA) is 142 Å². The summed E-state index contributed by atoms with van der Waals surface area (Å²) in [6.45, 7) is 15.3. The first kappa shape index (κ1) is 36.3. The molecule has 0 atom stereocenters. The first-order valence-electron chi connectivity index (χ1n) is 16.2. The molecule has 51 heavy (non-hydrogen) atoms. The Morgan fingerprint density at radius 1 is 0.745 bits per heavy atom. The molecular weight excluding hydrogens is 654 g/mol. The number of hydrogen-bond donors (Lipinski definition) is 0. The quantitative estimate of drug-likeness (QED) is 0.152. The lowest BCUT2D eigenvalue weighted by atomic mass is 10.0. The van der Waals surface area contributed by atoms with Gasteiger partial charge in [0.25, 0.3) is 0 Å². The molecule has 0 radical (unpaired) electrons. The summed E-state index contributed by atoms with van der Waals surface area (Å²) in [5.74, 6) is 2.18. The van der Waals surface area contributed by atoms with Crippen LogP contribution in [0.25, 0.3) is 28.2 Å². The summed E-state index contributed by atoms with van der Waals surface area (Å²) in [6.07, 6.45) is 0.539. The van der Waals surface area contributed by atoms with Crippen molar-refractivity contribution in [2.75, 3.05) is 16.9 Å². The number of carbonyl (C=O) groups excluding carboxylic acids is 4. The molecule has 2 aromatic heterocycles. The van der Waals surface area contributed by atoms with Gasteiger partial charge in [0, 0.05) is 23.2 Å². The maximum atomic E-state index is 14.3. The fourth-order valence-corrected chi connectivity index (χ4v) is 5.23. The predicted octanol–water partition coefficient (Wildman–Crippen LogP) is 8.14. The van der Waals surface area contributed by atoms with Gasteiger partial charge in [0.15, 0.2) is 11.6 Å². The van der Waals surface area contributed by atoms with E-state index >= 15 is 0 Å². The van der Waals surface area contributed by atoms with E-state index in [-0.39, 0.29) is 28.3 Å². The lowest BCUT2D eigenvalue weighted by molar-refractivity contribution is 0.0521. The second-order valence-corrected chi connectivity index (χ2v) is 14.7. The second kappa shape index (κ2) is 13.4. The highest BCUT2D eigenvalue weighted by Gasteiger charge is 2.43. The van der Waals surface area contributed by atoms with E-state index in [9.17, 15) is 19.2 Å². The number of hydrogen-bond acceptors (Lipinski definition) is 10. The van der Waals surface area contributed by atoms with Crippen molar-refractivity contribution in [2.45, 2.75) is 79.1 Å². The summed E-state index contributed by atoms with van der Waals surface area (Å²) in [4.78, 5) is 61.5. The Kier molecular flexibility index (Phi) is 9.55. The van der Waals surface area contributed by atoms with E-state index in [0.29, 0.717) is 28.1 Å². The molecule has 0 aliphatic carbocycles. The number of aromatic nitrogens is 3. The van der Waals surface area contributed by atoms with Gasteiger partial charge in [0.1, 0.15) is 22.5 Å². The van der Waals surface area contributed by atoms with E-state index in [2.05, 4.69) is 10.1 Å². The van der Waals surface area contributed by atoms with Gasteiger partial charge in [-0.1, -0.05) is 30.3 Å². The zero-order valence-electron chi connectivity index (χ0n) is 30.4. The maximum absolute atomic E-state index is 14.3. The molecule has 5 rings (SSSR count). The van der Waals surface area contributed by atoms with Crippen molar-refractivity contribution in [2.24, 2.45) is 0 Å². The van der Waals surface area contributed by atoms with Gasteiger partial charge in [-0.2, -0.15) is 9.78 Å². The van der Waals surface area contributed by atoms with Gasteiger partial charge in [-0.3, -0.25) is 0 Å². The number of rotatable bonds is 3. The fraction of sp³-hybridized carbons (Fsp3) is 0.342. The lowest BCUT2D eigenvalue weighted by Crippen LogP contribution is -2.46. The molecule has 0 saturated carbocycles. The van der Waals surface area contributed by atoms with Crippen LogP contribution < -0.4 is 14.5 Å². The Labute approximate surface area is 296 Å². The largest absolute Gasteiger partial charge is 0.481 e. The van der Waals surface area contributed by atoms with Crippen molar-refractivity contribution in [3.05, 3.63) is 77.8 Å². The zero-order valence-corrected chi connectivity index (χ0v) is 30.4. The van der Waals surface area contributed by atoms with Crippen LogP contribution in [-0.2, 0) is 19.0 Å². The number of nitrogens with zero attached hydrogens (tertiary/aromatic N) is 5. The van der Waals surface area contributed by atoms with E-state index in [0.717, 1.165) is 9.58 Å². The number of amides is 2. The third-order valence-corrected chi connectivity index (χ3v) is 7.10. The summed E-state index contributed by atoms with van der Waals surface area (Å²) in [6, 6.07) is 15.4. The molecular formula is C38H41N5O8. The molecule has 2 amide bonds. The number of fused-ring (bicyclic) bond motifs is 2. The monoisotopic (exact) mass is 695 g/mol. The summed E-state index contributed by atoms with van der Waals surface area (Å²) in [7, 11) is 1.47. The molecule has 4 aromatic rings. The van der Waals surface area contributed by atoms with E-state index in [1.807, 2.05) is 12.0 Å². The Morgan fingerprint density at radius 2 is 1.31 bits per heavy atom. The summed E-state index contributed by atoms with van der Waals surface area (Å²) in [5.41, 5.74) is -1.32. The lowest BCUT2D eigenvalue weighted by Gasteiger charge is -2.39. The zero-order chi connectivity index (χ0) is 37.5. The SMILES string of the molecule is COc1cc(-c2nn(C(=O)OC(C)(C)C)c3cc4c(cc23)N(C(=O)OC(C)(C)C)/C(=C/c2ccccc2)C(=C=O)N4C(=O)OC(C)(C)C)ccn1. The molecule has 0 N–H and O–H groups in total. The summed E-state index contributed by atoms with van der Waals surface area (Å²) < 4.78 is 23.8. The fourth-order valence-electron chi connectivity index (χ4n) is 5.23. The van der Waals surface area contributed by atoms with Gasteiger partial charge in [-0.15, -0.1) is 0 Å². The Hall–Kier alpha value is -5.94. The van der Waals surface area contributed by atoms with E-state index in [1.165, 1.54) is 24.3 Å². The minimum Gasteiger partial charge on any atom is -0.481 e. The molecule has 1 aliphatic heterocycles. The number of methoxy groups -OCH3 is 1. The minimum absolute atomic E-state index is 0.00479. The van der Waals surface area contributed by atoms with Crippen molar-refractivity contribution >= 4 is 52.6 Å². The standard InChI is InChI=1S/C38H41N5O8/c1-36(2,3)49-33(45)41-27(18-23-14-12-11-13-15-23)30(22-44)42(34(46)50-37(4,5)6)29-21-26-25(20-28(29)41)32(24-16-17-39-31(19-24)48-10)40-43(26)35(47)51-38(7,8)9/h11-21H,1-10H3/b27-18+. The van der Waals surface area contributed by atoms with E-state index in [4.69, 9.17) is 18.9 Å². The van der Waals surface area contributed by atoms with Crippen molar-refractivity contribution < 1.29 is 38.1 Å². The first-order valence-corrected chi connectivity index (χ1v) is 16.2.